The molecule has 3 nitrogen and oxygen atoms in total. The van der Waals surface area contributed by atoms with Crippen molar-refractivity contribution in [2.24, 2.45) is 5.92 Å². The molecule has 0 saturated heterocycles. The average Bonchev–Trinajstić information content (AvgIpc) is 2.36. The molecule has 1 rings (SSSR count). The number of nitriles is 1. The van der Waals surface area contributed by atoms with Crippen LogP contribution >= 0.6 is 0 Å². The van der Waals surface area contributed by atoms with Crippen molar-refractivity contribution in [3.05, 3.63) is 0 Å². The molecule has 1 saturated carbocycles. The van der Waals surface area contributed by atoms with E-state index in [9.17, 15) is 5.26 Å². The third kappa shape index (κ3) is 5.93. The molecule has 0 aromatic rings. The van der Waals surface area contributed by atoms with E-state index in [1.807, 2.05) is 6.92 Å². The van der Waals surface area contributed by atoms with Crippen molar-refractivity contribution >= 4 is 0 Å². The minimum Gasteiger partial charge on any atom is -0.378 e. The predicted molar refractivity (Wildman–Crippen MR) is 78.9 cm³/mol. The monoisotopic (exact) mass is 266 g/mol. The van der Waals surface area contributed by atoms with Crippen LogP contribution in [0.25, 0.3) is 0 Å². The molecule has 1 N–H and O–H groups in total. The van der Waals surface area contributed by atoms with Crippen LogP contribution < -0.4 is 5.32 Å². The van der Waals surface area contributed by atoms with E-state index in [1.165, 1.54) is 25.7 Å². The topological polar surface area (TPSA) is 45.0 Å². The third-order valence-electron chi connectivity index (χ3n) is 4.04. The Hall–Kier alpha value is -0.590. The summed E-state index contributed by atoms with van der Waals surface area (Å²) in [6.07, 6.45) is 7.41. The Kier molecular flexibility index (Phi) is 6.82. The summed E-state index contributed by atoms with van der Waals surface area (Å²) >= 11 is 0. The molecule has 1 aliphatic rings. The number of nitrogens with zero attached hydrogens (tertiary/aromatic N) is 1. The predicted octanol–water partition coefficient (Wildman–Crippen LogP) is 3.64. The smallest absolute Gasteiger partial charge is 0.104 e. The van der Waals surface area contributed by atoms with Gasteiger partial charge >= 0.3 is 0 Å². The number of hydrogen-bond donors (Lipinski definition) is 1. The fourth-order valence-electron chi connectivity index (χ4n) is 2.99. The fraction of sp³-hybridized carbons (Fsp3) is 0.938. The molecule has 19 heavy (non-hydrogen) atoms. The molecular weight excluding hydrogens is 236 g/mol. The van der Waals surface area contributed by atoms with Crippen molar-refractivity contribution in [2.75, 3.05) is 6.61 Å². The highest BCUT2D eigenvalue weighted by atomic mass is 16.5. The molecule has 0 amide bonds. The van der Waals surface area contributed by atoms with Gasteiger partial charge in [-0.3, -0.25) is 5.32 Å². The van der Waals surface area contributed by atoms with Gasteiger partial charge in [0.2, 0.25) is 0 Å². The minimum absolute atomic E-state index is 0.337. The van der Waals surface area contributed by atoms with Crippen molar-refractivity contribution in [3.8, 4) is 6.07 Å². The first-order valence-corrected chi connectivity index (χ1v) is 7.77. The second kappa shape index (κ2) is 7.87. The van der Waals surface area contributed by atoms with Gasteiger partial charge in [0.1, 0.15) is 5.54 Å². The number of nitrogens with one attached hydrogen (secondary N) is 1. The van der Waals surface area contributed by atoms with E-state index < -0.39 is 5.54 Å². The molecule has 0 aliphatic heterocycles. The van der Waals surface area contributed by atoms with Crippen LogP contribution in [0.15, 0.2) is 0 Å². The van der Waals surface area contributed by atoms with Gasteiger partial charge in [-0.1, -0.05) is 19.8 Å². The van der Waals surface area contributed by atoms with Gasteiger partial charge in [-0.25, -0.2) is 0 Å². The Bertz CT molecular complexity index is 298. The molecule has 3 heteroatoms. The Morgan fingerprint density at radius 1 is 1.37 bits per heavy atom. The highest BCUT2D eigenvalue weighted by Gasteiger charge is 2.25. The molecule has 0 bridgehead atoms. The fourth-order valence-corrected chi connectivity index (χ4v) is 2.99. The zero-order valence-corrected chi connectivity index (χ0v) is 13.0. The zero-order valence-electron chi connectivity index (χ0n) is 13.0. The summed E-state index contributed by atoms with van der Waals surface area (Å²) in [5, 5.41) is 12.6. The van der Waals surface area contributed by atoms with Crippen molar-refractivity contribution in [3.63, 3.8) is 0 Å². The Morgan fingerprint density at radius 3 is 2.63 bits per heavy atom. The van der Waals surface area contributed by atoms with Gasteiger partial charge in [0.05, 0.1) is 12.2 Å². The first-order chi connectivity index (χ1) is 8.97. The van der Waals surface area contributed by atoms with Gasteiger partial charge in [0.25, 0.3) is 0 Å². The highest BCUT2D eigenvalue weighted by Crippen LogP contribution is 2.26. The van der Waals surface area contributed by atoms with Crippen molar-refractivity contribution in [1.29, 1.82) is 5.26 Å². The third-order valence-corrected chi connectivity index (χ3v) is 4.04. The zero-order chi connectivity index (χ0) is 14.3. The second-order valence-corrected chi connectivity index (χ2v) is 6.52. The van der Waals surface area contributed by atoms with E-state index in [1.54, 1.807) is 0 Å². The summed E-state index contributed by atoms with van der Waals surface area (Å²) < 4.78 is 6.00. The van der Waals surface area contributed by atoms with Crippen LogP contribution in [0.1, 0.15) is 66.2 Å². The maximum atomic E-state index is 9.27. The Morgan fingerprint density at radius 2 is 2.05 bits per heavy atom. The first kappa shape index (κ1) is 16.5. The summed E-state index contributed by atoms with van der Waals surface area (Å²) in [5.41, 5.74) is -0.421. The minimum atomic E-state index is -0.421. The maximum absolute atomic E-state index is 9.27. The Labute approximate surface area is 118 Å². The van der Waals surface area contributed by atoms with Crippen LogP contribution in [0.5, 0.6) is 0 Å². The molecule has 110 valence electrons. The summed E-state index contributed by atoms with van der Waals surface area (Å²) in [7, 11) is 0. The second-order valence-electron chi connectivity index (χ2n) is 6.52. The quantitative estimate of drug-likeness (QED) is 0.715. The SMILES string of the molecule is CC(C)NC(C)(C#N)CCCOC1CCCCC1C. The largest absolute Gasteiger partial charge is 0.378 e. The summed E-state index contributed by atoms with van der Waals surface area (Å²) in [4.78, 5) is 0. The van der Waals surface area contributed by atoms with E-state index in [0.717, 1.165) is 19.4 Å². The molecule has 3 atom stereocenters. The normalized spacial score (nSPS) is 26.9. The van der Waals surface area contributed by atoms with Crippen LogP contribution in [-0.4, -0.2) is 24.3 Å². The molecular formula is C16H30N2O. The van der Waals surface area contributed by atoms with Gasteiger partial charge in [0, 0.05) is 12.6 Å². The lowest BCUT2D eigenvalue weighted by atomic mass is 9.88. The van der Waals surface area contributed by atoms with Gasteiger partial charge < -0.3 is 4.74 Å². The van der Waals surface area contributed by atoms with Crippen LogP contribution in [0, 0.1) is 17.2 Å². The van der Waals surface area contributed by atoms with Crippen LogP contribution in [0.4, 0.5) is 0 Å². The van der Waals surface area contributed by atoms with E-state index in [2.05, 4.69) is 32.2 Å². The molecule has 0 heterocycles. The molecule has 0 spiro atoms. The van der Waals surface area contributed by atoms with Crippen molar-refractivity contribution in [1.82, 2.24) is 5.32 Å². The van der Waals surface area contributed by atoms with Crippen molar-refractivity contribution in [2.45, 2.75) is 83.9 Å². The lowest BCUT2D eigenvalue weighted by Crippen LogP contribution is -2.45. The molecule has 3 unspecified atom stereocenters. The maximum Gasteiger partial charge on any atom is 0.104 e. The average molecular weight is 266 g/mol. The van der Waals surface area contributed by atoms with E-state index in [-0.39, 0.29) is 0 Å². The van der Waals surface area contributed by atoms with Crippen molar-refractivity contribution < 1.29 is 4.74 Å². The highest BCUT2D eigenvalue weighted by molar-refractivity contribution is 5.04. The first-order valence-electron chi connectivity index (χ1n) is 7.77. The van der Waals surface area contributed by atoms with Crippen LogP contribution in [0.2, 0.25) is 0 Å². The van der Waals surface area contributed by atoms with Gasteiger partial charge in [-0.15, -0.1) is 0 Å². The number of ether oxygens (including phenoxy) is 1. The van der Waals surface area contributed by atoms with E-state index >= 15 is 0 Å². The van der Waals surface area contributed by atoms with Crippen LogP contribution in [0.3, 0.4) is 0 Å². The lowest BCUT2D eigenvalue weighted by Gasteiger charge is -2.30. The molecule has 0 radical (unpaired) electrons. The van der Waals surface area contributed by atoms with E-state index in [0.29, 0.717) is 18.1 Å². The molecule has 1 aliphatic carbocycles. The van der Waals surface area contributed by atoms with E-state index in [4.69, 9.17) is 4.74 Å². The van der Waals surface area contributed by atoms with Crippen LogP contribution in [-0.2, 0) is 4.74 Å². The van der Waals surface area contributed by atoms with Gasteiger partial charge in [-0.05, 0) is 52.4 Å². The van der Waals surface area contributed by atoms with Gasteiger partial charge in [-0.2, -0.15) is 5.26 Å². The number of rotatable bonds is 7. The number of hydrogen-bond acceptors (Lipinski definition) is 3. The molecule has 0 aromatic carbocycles. The Balaban J connectivity index is 2.23. The summed E-state index contributed by atoms with van der Waals surface area (Å²) in [5.74, 6) is 0.699. The summed E-state index contributed by atoms with van der Waals surface area (Å²) in [6, 6.07) is 2.73. The van der Waals surface area contributed by atoms with Gasteiger partial charge in [0.15, 0.2) is 0 Å². The summed E-state index contributed by atoms with van der Waals surface area (Å²) in [6.45, 7) is 9.22. The molecule has 0 aromatic heterocycles. The standard InChI is InChI=1S/C16H30N2O/c1-13(2)18-16(4,12-17)10-7-11-19-15-9-6-5-8-14(15)3/h13-15,18H,5-11H2,1-4H3. The molecule has 1 fully saturated rings. The lowest BCUT2D eigenvalue weighted by molar-refractivity contribution is -0.00771.